The minimum atomic E-state index is -0.378. The predicted molar refractivity (Wildman–Crippen MR) is 93.7 cm³/mol. The van der Waals surface area contributed by atoms with E-state index < -0.39 is 0 Å². The highest BCUT2D eigenvalue weighted by Gasteiger charge is 2.33. The predicted octanol–water partition coefficient (Wildman–Crippen LogP) is 2.12. The molecule has 2 aliphatic carbocycles. The molecule has 2 amide bonds. The topological polar surface area (TPSA) is 70.2 Å². The van der Waals surface area contributed by atoms with Gasteiger partial charge in [-0.15, -0.1) is 0 Å². The van der Waals surface area contributed by atoms with Crippen molar-refractivity contribution in [3.05, 3.63) is 35.6 Å². The lowest BCUT2D eigenvalue weighted by Gasteiger charge is -2.39. The first-order valence-electron chi connectivity index (χ1n) is 9.21. The van der Waals surface area contributed by atoms with Crippen LogP contribution in [0, 0.1) is 5.82 Å². The van der Waals surface area contributed by atoms with Gasteiger partial charge in [-0.3, -0.25) is 9.59 Å². The number of benzene rings is 1. The molecule has 2 aliphatic rings. The van der Waals surface area contributed by atoms with Crippen molar-refractivity contribution in [3.63, 3.8) is 0 Å². The van der Waals surface area contributed by atoms with E-state index in [-0.39, 0.29) is 36.6 Å². The van der Waals surface area contributed by atoms with Crippen LogP contribution in [0.15, 0.2) is 24.3 Å². The number of halogens is 1. The minimum absolute atomic E-state index is 0.0395. The first-order valence-corrected chi connectivity index (χ1v) is 9.21. The molecule has 3 rings (SSSR count). The van der Waals surface area contributed by atoms with Gasteiger partial charge >= 0.3 is 0 Å². The SMILES string of the molecule is O=C(CCNC(=O)c1ccc(F)cc1)N[C@@H]1CC[C@@H]1NC1CCCC1. The normalized spacial score (nSPS) is 23.1. The third-order valence-corrected chi connectivity index (χ3v) is 5.17. The molecule has 2 fully saturated rings. The first kappa shape index (κ1) is 17.9. The number of nitrogens with one attached hydrogen (secondary N) is 3. The number of carbonyl (C=O) groups excluding carboxylic acids is 2. The Kier molecular flexibility index (Phi) is 6.02. The summed E-state index contributed by atoms with van der Waals surface area (Å²) >= 11 is 0. The van der Waals surface area contributed by atoms with Gasteiger partial charge in [-0.1, -0.05) is 12.8 Å². The third-order valence-electron chi connectivity index (χ3n) is 5.17. The summed E-state index contributed by atoms with van der Waals surface area (Å²) in [6, 6.07) is 6.56. The highest BCUT2D eigenvalue weighted by molar-refractivity contribution is 5.94. The third kappa shape index (κ3) is 5.01. The highest BCUT2D eigenvalue weighted by Crippen LogP contribution is 2.25. The van der Waals surface area contributed by atoms with Gasteiger partial charge in [-0.05, 0) is 49.9 Å². The van der Waals surface area contributed by atoms with Crippen LogP contribution in [0.2, 0.25) is 0 Å². The molecule has 1 aromatic carbocycles. The zero-order chi connectivity index (χ0) is 17.6. The van der Waals surface area contributed by atoms with Crippen molar-refractivity contribution >= 4 is 11.8 Å². The molecule has 3 N–H and O–H groups in total. The number of rotatable bonds is 7. The second-order valence-electron chi connectivity index (χ2n) is 7.02. The number of carbonyl (C=O) groups is 2. The summed E-state index contributed by atoms with van der Waals surface area (Å²) in [6.07, 6.45) is 7.46. The smallest absolute Gasteiger partial charge is 0.251 e. The van der Waals surface area contributed by atoms with E-state index in [1.165, 1.54) is 49.9 Å². The molecule has 1 aromatic rings. The van der Waals surface area contributed by atoms with Crippen LogP contribution in [0.25, 0.3) is 0 Å². The second-order valence-corrected chi connectivity index (χ2v) is 7.02. The molecule has 0 heterocycles. The standard InChI is InChI=1S/C19H26FN3O2/c20-14-7-5-13(6-8-14)19(25)21-12-11-18(24)23-17-10-9-16(17)22-15-3-1-2-4-15/h5-8,15-17,22H,1-4,9-12H2,(H,21,25)(H,23,24)/t16-,17+/m0/s1. The highest BCUT2D eigenvalue weighted by atomic mass is 19.1. The molecule has 2 saturated carbocycles. The summed E-state index contributed by atoms with van der Waals surface area (Å²) in [5.41, 5.74) is 0.390. The van der Waals surface area contributed by atoms with Crippen molar-refractivity contribution < 1.29 is 14.0 Å². The van der Waals surface area contributed by atoms with Crippen LogP contribution in [-0.2, 0) is 4.79 Å². The maximum atomic E-state index is 12.8. The Morgan fingerprint density at radius 3 is 2.32 bits per heavy atom. The van der Waals surface area contributed by atoms with E-state index in [9.17, 15) is 14.0 Å². The molecule has 136 valence electrons. The van der Waals surface area contributed by atoms with Crippen LogP contribution in [0.4, 0.5) is 4.39 Å². The maximum Gasteiger partial charge on any atom is 0.251 e. The fourth-order valence-electron chi connectivity index (χ4n) is 3.54. The van der Waals surface area contributed by atoms with E-state index in [0.717, 1.165) is 12.8 Å². The lowest BCUT2D eigenvalue weighted by atomic mass is 9.85. The van der Waals surface area contributed by atoms with E-state index in [2.05, 4.69) is 16.0 Å². The molecule has 0 aromatic heterocycles. The Balaban J connectivity index is 1.34. The van der Waals surface area contributed by atoms with Gasteiger partial charge in [0, 0.05) is 36.7 Å². The Morgan fingerprint density at radius 1 is 1.00 bits per heavy atom. The van der Waals surface area contributed by atoms with Gasteiger partial charge in [0.05, 0.1) is 0 Å². The molecular weight excluding hydrogens is 321 g/mol. The monoisotopic (exact) mass is 347 g/mol. The van der Waals surface area contributed by atoms with Crippen molar-refractivity contribution in [1.29, 1.82) is 0 Å². The molecule has 5 nitrogen and oxygen atoms in total. The van der Waals surface area contributed by atoms with Gasteiger partial charge in [0.25, 0.3) is 5.91 Å². The summed E-state index contributed by atoms with van der Waals surface area (Å²) in [5.74, 6) is -0.711. The van der Waals surface area contributed by atoms with Gasteiger partial charge in [0.15, 0.2) is 0 Å². The molecule has 0 aliphatic heterocycles. The Labute approximate surface area is 147 Å². The van der Waals surface area contributed by atoms with Gasteiger partial charge in [0.1, 0.15) is 5.82 Å². The zero-order valence-electron chi connectivity index (χ0n) is 14.4. The van der Waals surface area contributed by atoms with Crippen LogP contribution in [0.1, 0.15) is 55.3 Å². The fraction of sp³-hybridized carbons (Fsp3) is 0.579. The summed E-state index contributed by atoms with van der Waals surface area (Å²) in [5, 5.41) is 9.41. The lowest BCUT2D eigenvalue weighted by Crippen LogP contribution is -2.58. The molecule has 0 unspecified atom stereocenters. The summed E-state index contributed by atoms with van der Waals surface area (Å²) < 4.78 is 12.8. The van der Waals surface area contributed by atoms with Crippen molar-refractivity contribution in [2.75, 3.05) is 6.54 Å². The van der Waals surface area contributed by atoms with Gasteiger partial charge in [0.2, 0.25) is 5.91 Å². The largest absolute Gasteiger partial charge is 0.352 e. The van der Waals surface area contributed by atoms with Crippen LogP contribution in [0.5, 0.6) is 0 Å². The average Bonchev–Trinajstić information content (AvgIpc) is 3.10. The molecular formula is C19H26FN3O2. The summed E-state index contributed by atoms with van der Waals surface area (Å²) in [6.45, 7) is 0.273. The van der Waals surface area contributed by atoms with Crippen LogP contribution in [-0.4, -0.2) is 36.5 Å². The van der Waals surface area contributed by atoms with Crippen LogP contribution >= 0.6 is 0 Å². The summed E-state index contributed by atoms with van der Waals surface area (Å²) in [7, 11) is 0. The van der Waals surface area contributed by atoms with E-state index >= 15 is 0 Å². The molecule has 25 heavy (non-hydrogen) atoms. The van der Waals surface area contributed by atoms with Crippen molar-refractivity contribution in [1.82, 2.24) is 16.0 Å². The quantitative estimate of drug-likeness (QED) is 0.708. The maximum absolute atomic E-state index is 12.8. The zero-order valence-corrected chi connectivity index (χ0v) is 14.4. The molecule has 0 spiro atoms. The van der Waals surface area contributed by atoms with Crippen molar-refractivity contribution in [2.24, 2.45) is 0 Å². The molecule has 0 saturated heterocycles. The Bertz CT molecular complexity index is 599. The van der Waals surface area contributed by atoms with E-state index in [1.54, 1.807) is 0 Å². The molecule has 6 heteroatoms. The number of amides is 2. The van der Waals surface area contributed by atoms with Crippen molar-refractivity contribution in [3.8, 4) is 0 Å². The summed E-state index contributed by atoms with van der Waals surface area (Å²) in [4.78, 5) is 23.9. The molecule has 2 atom stereocenters. The number of hydrogen-bond acceptors (Lipinski definition) is 3. The van der Waals surface area contributed by atoms with Crippen molar-refractivity contribution in [2.45, 2.75) is 63.1 Å². The second kappa shape index (κ2) is 8.43. The van der Waals surface area contributed by atoms with Gasteiger partial charge in [-0.25, -0.2) is 4.39 Å². The number of hydrogen-bond donors (Lipinski definition) is 3. The molecule has 0 radical (unpaired) electrons. The van der Waals surface area contributed by atoms with Crippen LogP contribution < -0.4 is 16.0 Å². The minimum Gasteiger partial charge on any atom is -0.352 e. The van der Waals surface area contributed by atoms with E-state index in [4.69, 9.17) is 0 Å². The fourth-order valence-corrected chi connectivity index (χ4v) is 3.54. The van der Waals surface area contributed by atoms with Gasteiger partial charge in [-0.2, -0.15) is 0 Å². The van der Waals surface area contributed by atoms with Crippen LogP contribution in [0.3, 0.4) is 0 Å². The van der Waals surface area contributed by atoms with E-state index in [1.807, 2.05) is 0 Å². The first-order chi connectivity index (χ1) is 12.1. The Morgan fingerprint density at radius 2 is 1.68 bits per heavy atom. The molecule has 0 bridgehead atoms. The Hall–Kier alpha value is -1.95. The lowest BCUT2D eigenvalue weighted by molar-refractivity contribution is -0.122. The van der Waals surface area contributed by atoms with Gasteiger partial charge < -0.3 is 16.0 Å². The average molecular weight is 347 g/mol. The van der Waals surface area contributed by atoms with E-state index in [0.29, 0.717) is 17.6 Å².